The summed E-state index contributed by atoms with van der Waals surface area (Å²) in [6, 6.07) is 13.2. The van der Waals surface area contributed by atoms with Crippen LogP contribution in [0.15, 0.2) is 48.8 Å². The van der Waals surface area contributed by atoms with Gasteiger partial charge in [-0.1, -0.05) is 28.9 Å². The third-order valence-electron chi connectivity index (χ3n) is 3.02. The summed E-state index contributed by atoms with van der Waals surface area (Å²) >= 11 is 5.99. The van der Waals surface area contributed by atoms with Gasteiger partial charge in [-0.2, -0.15) is 5.26 Å². The fourth-order valence-electron chi connectivity index (χ4n) is 2.10. The second kappa shape index (κ2) is 5.73. The smallest absolute Gasteiger partial charge is 0.190 e. The molecule has 0 radical (unpaired) electrons. The molecule has 0 N–H and O–H groups in total. The van der Waals surface area contributed by atoms with E-state index >= 15 is 0 Å². The van der Waals surface area contributed by atoms with E-state index in [-0.39, 0.29) is 0 Å². The van der Waals surface area contributed by atoms with Crippen LogP contribution in [-0.2, 0) is 6.54 Å². The number of aromatic nitrogens is 4. The lowest BCUT2D eigenvalue weighted by Crippen LogP contribution is -2.04. The summed E-state index contributed by atoms with van der Waals surface area (Å²) in [7, 11) is 0. The molecule has 0 aliphatic carbocycles. The van der Waals surface area contributed by atoms with Crippen LogP contribution >= 0.6 is 11.6 Å². The van der Waals surface area contributed by atoms with Gasteiger partial charge in [0, 0.05) is 23.0 Å². The van der Waals surface area contributed by atoms with E-state index in [1.165, 1.54) is 0 Å². The Morgan fingerprint density at radius 2 is 2.00 bits per heavy atom. The highest BCUT2D eigenvalue weighted by molar-refractivity contribution is 6.30. The zero-order valence-corrected chi connectivity index (χ0v) is 11.7. The maximum atomic E-state index is 9.20. The first-order valence-corrected chi connectivity index (χ1v) is 6.64. The van der Waals surface area contributed by atoms with Gasteiger partial charge in [-0.05, 0) is 29.8 Å². The Morgan fingerprint density at radius 1 is 1.19 bits per heavy atom. The zero-order valence-electron chi connectivity index (χ0n) is 10.9. The van der Waals surface area contributed by atoms with Gasteiger partial charge in [-0.3, -0.25) is 4.98 Å². The summed E-state index contributed by atoms with van der Waals surface area (Å²) < 4.78 is 1.69. The highest BCUT2D eigenvalue weighted by Gasteiger charge is 2.14. The SMILES string of the molecule is N#Cc1nnn(Cc2cccc(Cl)c2)c1-c1ccncc1. The van der Waals surface area contributed by atoms with Crippen LogP contribution in [0.1, 0.15) is 11.3 Å². The van der Waals surface area contributed by atoms with Gasteiger partial charge in [0.2, 0.25) is 0 Å². The van der Waals surface area contributed by atoms with Crippen molar-refractivity contribution in [3.8, 4) is 17.3 Å². The van der Waals surface area contributed by atoms with Crippen LogP contribution in [-0.4, -0.2) is 20.0 Å². The minimum absolute atomic E-state index is 0.295. The molecule has 0 unspecified atom stereocenters. The molecule has 3 aromatic rings. The van der Waals surface area contributed by atoms with Gasteiger partial charge in [0.1, 0.15) is 11.8 Å². The van der Waals surface area contributed by atoms with Crippen molar-refractivity contribution in [1.29, 1.82) is 5.26 Å². The van der Waals surface area contributed by atoms with Crippen LogP contribution in [0.2, 0.25) is 5.02 Å². The van der Waals surface area contributed by atoms with Crippen LogP contribution < -0.4 is 0 Å². The van der Waals surface area contributed by atoms with Crippen LogP contribution in [0, 0.1) is 11.3 Å². The van der Waals surface area contributed by atoms with Crippen molar-refractivity contribution in [2.75, 3.05) is 0 Å². The summed E-state index contributed by atoms with van der Waals surface area (Å²) in [6.45, 7) is 0.493. The molecule has 0 aliphatic rings. The van der Waals surface area contributed by atoms with E-state index in [1.54, 1.807) is 17.1 Å². The molecule has 0 fully saturated rings. The second-order valence-electron chi connectivity index (χ2n) is 4.42. The van der Waals surface area contributed by atoms with E-state index in [4.69, 9.17) is 11.6 Å². The van der Waals surface area contributed by atoms with Crippen molar-refractivity contribution in [2.24, 2.45) is 0 Å². The first kappa shape index (κ1) is 13.3. The summed E-state index contributed by atoms with van der Waals surface area (Å²) in [6.07, 6.45) is 3.35. The first-order valence-electron chi connectivity index (χ1n) is 6.26. The van der Waals surface area contributed by atoms with Gasteiger partial charge in [0.25, 0.3) is 0 Å². The van der Waals surface area contributed by atoms with Crippen LogP contribution in [0.5, 0.6) is 0 Å². The van der Waals surface area contributed by atoms with Crippen molar-refractivity contribution in [1.82, 2.24) is 20.0 Å². The monoisotopic (exact) mass is 295 g/mol. The number of pyridine rings is 1. The lowest BCUT2D eigenvalue weighted by atomic mass is 10.1. The van der Waals surface area contributed by atoms with Crippen molar-refractivity contribution < 1.29 is 0 Å². The molecule has 21 heavy (non-hydrogen) atoms. The van der Waals surface area contributed by atoms with Crippen molar-refractivity contribution in [2.45, 2.75) is 6.54 Å². The minimum Gasteiger partial charge on any atom is -0.265 e. The molecule has 6 heteroatoms. The van der Waals surface area contributed by atoms with Gasteiger partial charge in [-0.15, -0.1) is 5.10 Å². The first-order chi connectivity index (χ1) is 10.3. The molecule has 0 aliphatic heterocycles. The predicted molar refractivity (Wildman–Crippen MR) is 78.5 cm³/mol. The predicted octanol–water partition coefficient (Wildman–Crippen LogP) is 2.91. The zero-order chi connectivity index (χ0) is 14.7. The molecular weight excluding hydrogens is 286 g/mol. The normalized spacial score (nSPS) is 10.3. The van der Waals surface area contributed by atoms with Gasteiger partial charge in [-0.25, -0.2) is 4.68 Å². The van der Waals surface area contributed by atoms with E-state index in [2.05, 4.69) is 21.4 Å². The van der Waals surface area contributed by atoms with Gasteiger partial charge >= 0.3 is 0 Å². The maximum Gasteiger partial charge on any atom is 0.190 e. The van der Waals surface area contributed by atoms with Crippen LogP contribution in [0.25, 0.3) is 11.3 Å². The number of nitrogens with zero attached hydrogens (tertiary/aromatic N) is 5. The summed E-state index contributed by atoms with van der Waals surface area (Å²) in [5.41, 5.74) is 2.82. The third-order valence-corrected chi connectivity index (χ3v) is 3.25. The highest BCUT2D eigenvalue weighted by Crippen LogP contribution is 2.22. The summed E-state index contributed by atoms with van der Waals surface area (Å²) in [5, 5.41) is 17.9. The minimum atomic E-state index is 0.295. The van der Waals surface area contributed by atoms with E-state index in [1.807, 2.05) is 36.4 Å². The van der Waals surface area contributed by atoms with Gasteiger partial charge < -0.3 is 0 Å². The Morgan fingerprint density at radius 3 is 2.71 bits per heavy atom. The summed E-state index contributed by atoms with van der Waals surface area (Å²) in [5.74, 6) is 0. The molecule has 0 bridgehead atoms. The van der Waals surface area contributed by atoms with Gasteiger partial charge in [0.05, 0.1) is 6.54 Å². The molecule has 0 spiro atoms. The number of hydrogen-bond acceptors (Lipinski definition) is 4. The van der Waals surface area contributed by atoms with Gasteiger partial charge in [0.15, 0.2) is 5.69 Å². The lowest BCUT2D eigenvalue weighted by Gasteiger charge is -2.07. The molecule has 5 nitrogen and oxygen atoms in total. The fraction of sp³-hybridized carbons (Fsp3) is 0.0667. The standard InChI is InChI=1S/C15H10ClN5/c16-13-3-1-2-11(8-13)10-21-15(14(9-17)19-20-21)12-4-6-18-7-5-12/h1-8H,10H2. The van der Waals surface area contributed by atoms with Crippen molar-refractivity contribution >= 4 is 11.6 Å². The van der Waals surface area contributed by atoms with Crippen LogP contribution in [0.3, 0.4) is 0 Å². The molecule has 2 heterocycles. The van der Waals surface area contributed by atoms with E-state index < -0.39 is 0 Å². The molecule has 2 aromatic heterocycles. The van der Waals surface area contributed by atoms with E-state index in [0.717, 1.165) is 11.1 Å². The lowest BCUT2D eigenvalue weighted by molar-refractivity contribution is 0.655. The summed E-state index contributed by atoms with van der Waals surface area (Å²) in [4.78, 5) is 3.99. The molecule has 0 saturated heterocycles. The molecule has 1 aromatic carbocycles. The maximum absolute atomic E-state index is 9.20. The number of rotatable bonds is 3. The largest absolute Gasteiger partial charge is 0.265 e. The van der Waals surface area contributed by atoms with E-state index in [9.17, 15) is 5.26 Å². The van der Waals surface area contributed by atoms with Crippen LogP contribution in [0.4, 0.5) is 0 Å². The Hall–Kier alpha value is -2.71. The Bertz CT molecular complexity index is 804. The van der Waals surface area contributed by atoms with Crippen molar-refractivity contribution in [3.63, 3.8) is 0 Å². The quantitative estimate of drug-likeness (QED) is 0.745. The Balaban J connectivity index is 2.04. The topological polar surface area (TPSA) is 67.4 Å². The Kier molecular flexibility index (Phi) is 3.63. The average molecular weight is 296 g/mol. The molecule has 102 valence electrons. The fourth-order valence-corrected chi connectivity index (χ4v) is 2.32. The number of benzene rings is 1. The molecular formula is C15H10ClN5. The molecule has 0 atom stereocenters. The molecule has 3 rings (SSSR count). The number of hydrogen-bond donors (Lipinski definition) is 0. The highest BCUT2D eigenvalue weighted by atomic mass is 35.5. The number of halogens is 1. The average Bonchev–Trinajstić information content (AvgIpc) is 2.91. The molecule has 0 saturated carbocycles. The second-order valence-corrected chi connectivity index (χ2v) is 4.86. The molecule has 0 amide bonds. The third kappa shape index (κ3) is 2.76. The number of nitriles is 1. The Labute approximate surface area is 126 Å². The van der Waals surface area contributed by atoms with Crippen molar-refractivity contribution in [3.05, 3.63) is 65.1 Å². The van der Waals surface area contributed by atoms with E-state index in [0.29, 0.717) is 23.0 Å².